The van der Waals surface area contributed by atoms with Crippen molar-refractivity contribution in [3.05, 3.63) is 46.5 Å². The zero-order valence-corrected chi connectivity index (χ0v) is 23.0. The molecule has 0 aliphatic carbocycles. The summed E-state index contributed by atoms with van der Waals surface area (Å²) in [5.41, 5.74) is 2.21. The van der Waals surface area contributed by atoms with Crippen molar-refractivity contribution in [2.75, 3.05) is 18.4 Å². The summed E-state index contributed by atoms with van der Waals surface area (Å²) in [6.07, 6.45) is 6.33. The Hall–Kier alpha value is -3.26. The minimum absolute atomic E-state index is 0.341. The molecule has 1 aliphatic rings. The Morgan fingerprint density at radius 1 is 1.35 bits per heavy atom. The van der Waals surface area contributed by atoms with Crippen LogP contribution in [-0.4, -0.2) is 64.4 Å². The number of imidazole rings is 1. The van der Waals surface area contributed by atoms with Gasteiger partial charge in [0.15, 0.2) is 11.5 Å². The smallest absolute Gasteiger partial charge is 0.410 e. The first-order chi connectivity index (χ1) is 17.5. The molecule has 1 amide bonds. The lowest BCUT2D eigenvalue weighted by atomic mass is 10.0. The third kappa shape index (κ3) is 4.74. The second-order valence-electron chi connectivity index (χ2n) is 10.1. The quantitative estimate of drug-likeness (QED) is 0.331. The number of nitrogens with one attached hydrogen (secondary N) is 2. The van der Waals surface area contributed by atoms with E-state index in [0.717, 1.165) is 23.8 Å². The number of fused-ring (bicyclic) bond motifs is 2. The van der Waals surface area contributed by atoms with Crippen LogP contribution in [0.3, 0.4) is 0 Å². The van der Waals surface area contributed by atoms with E-state index < -0.39 is 10.8 Å². The third-order valence-electron chi connectivity index (χ3n) is 6.15. The summed E-state index contributed by atoms with van der Waals surface area (Å²) in [6.45, 7) is 6.51. The first kappa shape index (κ1) is 25.4. The van der Waals surface area contributed by atoms with Crippen molar-refractivity contribution in [1.29, 1.82) is 5.26 Å². The highest BCUT2D eigenvalue weighted by Crippen LogP contribution is 2.38. The first-order valence-electron chi connectivity index (χ1n) is 11.7. The molecule has 37 heavy (non-hydrogen) atoms. The number of piperidine rings is 1. The summed E-state index contributed by atoms with van der Waals surface area (Å²) >= 11 is 13.2. The number of likely N-dealkylation sites (tertiary alicyclic amines) is 1. The van der Waals surface area contributed by atoms with E-state index in [1.165, 1.54) is 0 Å². The maximum absolute atomic E-state index is 12.7. The van der Waals surface area contributed by atoms with Crippen LogP contribution in [0.2, 0.25) is 10.2 Å². The number of carbonyl (C=O) groups excluding carboxylic acids is 1. The van der Waals surface area contributed by atoms with Crippen LogP contribution >= 0.6 is 23.2 Å². The van der Waals surface area contributed by atoms with E-state index in [1.54, 1.807) is 34.0 Å². The Balaban J connectivity index is 1.54. The molecule has 2 N–H and O–H groups in total. The highest BCUT2D eigenvalue weighted by Gasteiger charge is 2.36. The van der Waals surface area contributed by atoms with Crippen LogP contribution in [0.1, 0.15) is 39.2 Å². The van der Waals surface area contributed by atoms with Gasteiger partial charge in [-0.2, -0.15) is 5.26 Å². The average molecular weight is 554 g/mol. The molecule has 1 atom stereocenters. The Bertz CT molecular complexity index is 1570. The first-order valence-corrected chi connectivity index (χ1v) is 13.0. The molecule has 1 aliphatic heterocycles. The van der Waals surface area contributed by atoms with Gasteiger partial charge in [0.2, 0.25) is 0 Å². The molecule has 5 rings (SSSR count). The van der Waals surface area contributed by atoms with Crippen molar-refractivity contribution in [2.45, 2.75) is 44.4 Å². The van der Waals surface area contributed by atoms with Gasteiger partial charge in [-0.3, -0.25) is 4.40 Å². The van der Waals surface area contributed by atoms with E-state index in [-0.39, 0.29) is 6.09 Å². The van der Waals surface area contributed by atoms with Crippen LogP contribution in [0, 0.1) is 11.3 Å². The molecule has 189 valence electrons. The van der Waals surface area contributed by atoms with Crippen LogP contribution in [0.5, 0.6) is 0 Å². The molecule has 1 fully saturated rings. The molecule has 4 heterocycles. The van der Waals surface area contributed by atoms with Crippen LogP contribution < -0.4 is 5.32 Å². The van der Waals surface area contributed by atoms with Gasteiger partial charge in [0.25, 0.3) is 0 Å². The Morgan fingerprint density at radius 2 is 2.14 bits per heavy atom. The molecule has 1 aromatic carbocycles. The van der Waals surface area contributed by atoms with Crippen molar-refractivity contribution in [3.8, 4) is 17.3 Å². The predicted octanol–water partition coefficient (Wildman–Crippen LogP) is 5.36. The summed E-state index contributed by atoms with van der Waals surface area (Å²) < 4.78 is 7.33. The van der Waals surface area contributed by atoms with E-state index in [1.807, 2.05) is 26.8 Å². The summed E-state index contributed by atoms with van der Waals surface area (Å²) in [6, 6.07) is 5.58. The Labute approximate surface area is 227 Å². The lowest BCUT2D eigenvalue weighted by molar-refractivity contribution is 0.0191. The van der Waals surface area contributed by atoms with Gasteiger partial charge in [-0.1, -0.05) is 29.3 Å². The summed E-state index contributed by atoms with van der Waals surface area (Å²) in [5, 5.41) is 13.6. The lowest BCUT2D eigenvalue weighted by Crippen LogP contribution is -2.56. The number of benzene rings is 1. The van der Waals surface area contributed by atoms with Gasteiger partial charge in [0.1, 0.15) is 22.5 Å². The number of nitriles is 1. The zero-order valence-electron chi connectivity index (χ0n) is 20.5. The van der Waals surface area contributed by atoms with Crippen molar-refractivity contribution in [2.24, 2.45) is 0 Å². The number of amides is 1. The second-order valence-corrected chi connectivity index (χ2v) is 11.8. The zero-order chi connectivity index (χ0) is 26.5. The molecular weight excluding hydrogens is 529 g/mol. The number of aromatic amines is 1. The number of anilines is 1. The molecule has 1 saturated heterocycles. The molecule has 3 aromatic heterocycles. The van der Waals surface area contributed by atoms with Crippen LogP contribution in [-0.2, 0) is 4.74 Å². The standard InChI is InChI=1S/C25H24Cl2N7O2Si/c1-24(2,3)36-23(35)33-9-4-7-25(37,13-33)32-21-22-29-8-10-34(22)20(27)19(31-21)16-12-30-18-15(16)6-5-14(11-28)17(18)26/h5-6,8,10,12,30H,4,7,9,13H2,1-3H3,(H,31,32)/t25-/m0/s1. The van der Waals surface area contributed by atoms with E-state index in [4.69, 9.17) is 32.9 Å². The number of carbonyl (C=O) groups is 1. The SMILES string of the molecule is CC(C)(C)OC(=O)N1CCC[C@@]([Si])(Nc2nc(-c3c[nH]c4c(Cl)c(C#N)ccc34)c(Cl)n3ccnc23)C1. The van der Waals surface area contributed by atoms with Gasteiger partial charge >= 0.3 is 6.09 Å². The fourth-order valence-electron chi connectivity index (χ4n) is 4.53. The molecule has 9 nitrogen and oxygen atoms in total. The van der Waals surface area contributed by atoms with Gasteiger partial charge in [-0.05, 0) is 39.7 Å². The fraction of sp³-hybridized carbons (Fsp3) is 0.360. The minimum Gasteiger partial charge on any atom is -0.444 e. The molecule has 0 spiro atoms. The number of hydrogen-bond donors (Lipinski definition) is 2. The molecule has 0 unspecified atom stereocenters. The number of ether oxygens (including phenoxy) is 1. The van der Waals surface area contributed by atoms with Crippen molar-refractivity contribution >= 4 is 61.9 Å². The van der Waals surface area contributed by atoms with Gasteiger partial charge in [0.05, 0.1) is 26.3 Å². The van der Waals surface area contributed by atoms with E-state index in [9.17, 15) is 10.1 Å². The van der Waals surface area contributed by atoms with E-state index in [0.29, 0.717) is 51.5 Å². The summed E-state index contributed by atoms with van der Waals surface area (Å²) in [5.74, 6) is 0.500. The highest BCUT2D eigenvalue weighted by atomic mass is 35.5. The van der Waals surface area contributed by atoms with E-state index >= 15 is 0 Å². The van der Waals surface area contributed by atoms with Crippen molar-refractivity contribution in [3.63, 3.8) is 0 Å². The van der Waals surface area contributed by atoms with E-state index in [2.05, 4.69) is 31.6 Å². The van der Waals surface area contributed by atoms with Crippen LogP contribution in [0.4, 0.5) is 10.6 Å². The topological polar surface area (TPSA) is 111 Å². The Morgan fingerprint density at radius 3 is 2.86 bits per heavy atom. The molecular formula is C25H24Cl2N7O2Si. The molecule has 4 aromatic rings. The summed E-state index contributed by atoms with van der Waals surface area (Å²) in [4.78, 5) is 26.9. The maximum atomic E-state index is 12.7. The van der Waals surface area contributed by atoms with Crippen LogP contribution in [0.25, 0.3) is 27.8 Å². The normalized spacial score (nSPS) is 18.2. The highest BCUT2D eigenvalue weighted by molar-refractivity contribution is 6.37. The average Bonchev–Trinajstić information content (AvgIpc) is 3.48. The number of hydrogen-bond acceptors (Lipinski definition) is 6. The number of aromatic nitrogens is 4. The lowest BCUT2D eigenvalue weighted by Gasteiger charge is -2.41. The summed E-state index contributed by atoms with van der Waals surface area (Å²) in [7, 11) is 3.89. The van der Waals surface area contributed by atoms with Crippen molar-refractivity contribution < 1.29 is 9.53 Å². The van der Waals surface area contributed by atoms with Gasteiger partial charge in [0, 0.05) is 47.8 Å². The number of halogens is 2. The molecule has 3 radical (unpaired) electrons. The fourth-order valence-corrected chi connectivity index (χ4v) is 5.55. The number of rotatable bonds is 3. The molecule has 0 saturated carbocycles. The van der Waals surface area contributed by atoms with Crippen LogP contribution in [0.15, 0.2) is 30.7 Å². The third-order valence-corrected chi connectivity index (χ3v) is 7.44. The van der Waals surface area contributed by atoms with Gasteiger partial charge in [-0.15, -0.1) is 0 Å². The van der Waals surface area contributed by atoms with Gasteiger partial charge in [-0.25, -0.2) is 14.8 Å². The monoisotopic (exact) mass is 552 g/mol. The molecule has 12 heteroatoms. The number of nitrogens with zero attached hydrogens (tertiary/aromatic N) is 5. The minimum atomic E-state index is -0.662. The Kier molecular flexibility index (Phi) is 6.34. The number of H-pyrrole nitrogens is 1. The van der Waals surface area contributed by atoms with Crippen molar-refractivity contribution in [1.82, 2.24) is 24.3 Å². The maximum Gasteiger partial charge on any atom is 0.410 e. The van der Waals surface area contributed by atoms with Gasteiger partial charge < -0.3 is 19.9 Å². The largest absolute Gasteiger partial charge is 0.444 e. The predicted molar refractivity (Wildman–Crippen MR) is 144 cm³/mol. The molecule has 0 bridgehead atoms. The second kappa shape index (κ2) is 9.24.